The summed E-state index contributed by atoms with van der Waals surface area (Å²) in [5.41, 5.74) is 8.17. The number of rotatable bonds is 8. The minimum atomic E-state index is -0.561. The van der Waals surface area contributed by atoms with Gasteiger partial charge in [0.2, 0.25) is 0 Å². The molecule has 0 saturated heterocycles. The third-order valence-corrected chi connectivity index (χ3v) is 5.83. The normalized spacial score (nSPS) is 11.1. The molecule has 176 valence electrons. The number of nitrogens with zero attached hydrogens (tertiary/aromatic N) is 2. The van der Waals surface area contributed by atoms with Gasteiger partial charge in [-0.05, 0) is 36.1 Å². The van der Waals surface area contributed by atoms with Gasteiger partial charge in [-0.15, -0.1) is 0 Å². The van der Waals surface area contributed by atoms with Crippen molar-refractivity contribution in [3.63, 3.8) is 0 Å². The summed E-state index contributed by atoms with van der Waals surface area (Å²) in [5, 5.41) is 0.776. The number of aromatic nitrogens is 2. The first kappa shape index (κ1) is 23.1. The van der Waals surface area contributed by atoms with E-state index in [-0.39, 0.29) is 18.1 Å². The van der Waals surface area contributed by atoms with Gasteiger partial charge in [0.25, 0.3) is 5.56 Å². The highest BCUT2D eigenvalue weighted by Crippen LogP contribution is 2.25. The van der Waals surface area contributed by atoms with Crippen LogP contribution in [0.25, 0.3) is 11.0 Å². The number of hydrogen-bond acceptors (Lipinski definition) is 6. The number of benzene rings is 2. The smallest absolute Gasteiger partial charge is 0.336 e. The number of fused-ring (bicyclic) bond motifs is 1. The average Bonchev–Trinajstić information content (AvgIpc) is 2.79. The fourth-order valence-corrected chi connectivity index (χ4v) is 4.11. The summed E-state index contributed by atoms with van der Waals surface area (Å²) in [4.78, 5) is 42.0. The minimum Gasteiger partial charge on any atom is -0.423 e. The molecule has 2 aromatic carbocycles. The van der Waals surface area contributed by atoms with Gasteiger partial charge in [0, 0.05) is 31.1 Å². The Hall–Kier alpha value is -4.07. The van der Waals surface area contributed by atoms with Crippen molar-refractivity contribution in [1.29, 1.82) is 0 Å². The fraction of sp³-hybridized carbons (Fsp3) is 0.269. The van der Waals surface area contributed by atoms with Gasteiger partial charge in [-0.25, -0.2) is 9.59 Å². The molecule has 0 unspecified atom stereocenters. The summed E-state index contributed by atoms with van der Waals surface area (Å²) in [7, 11) is 0. The van der Waals surface area contributed by atoms with Crippen molar-refractivity contribution >= 4 is 22.5 Å². The van der Waals surface area contributed by atoms with Gasteiger partial charge < -0.3 is 15.1 Å². The molecule has 8 nitrogen and oxygen atoms in total. The standard InChI is InChI=1S/C26H28N4O4/c1-3-4-12-30-24(27)23(25(32)28-26(30)33)29(15-18-8-6-5-7-9-18)16-19-14-22(31)34-21-13-17(2)10-11-20(19)21/h5-11,13-14H,3-4,12,15-16,27H2,1-2H3,(H,28,32,33). The lowest BCUT2D eigenvalue weighted by Gasteiger charge is -2.27. The monoisotopic (exact) mass is 460 g/mol. The number of nitrogen functional groups attached to an aromatic ring is 1. The summed E-state index contributed by atoms with van der Waals surface area (Å²) in [5.74, 6) is 0.112. The second kappa shape index (κ2) is 9.82. The number of H-pyrrole nitrogens is 1. The van der Waals surface area contributed by atoms with E-state index in [0.717, 1.165) is 29.4 Å². The maximum atomic E-state index is 13.0. The average molecular weight is 461 g/mol. The largest absolute Gasteiger partial charge is 0.423 e. The molecule has 34 heavy (non-hydrogen) atoms. The first-order chi connectivity index (χ1) is 16.4. The maximum Gasteiger partial charge on any atom is 0.336 e. The molecule has 0 amide bonds. The van der Waals surface area contributed by atoms with E-state index in [0.29, 0.717) is 24.2 Å². The van der Waals surface area contributed by atoms with E-state index in [9.17, 15) is 14.4 Å². The Bertz CT molecular complexity index is 1490. The van der Waals surface area contributed by atoms with Crippen molar-refractivity contribution in [3.05, 3.63) is 103 Å². The van der Waals surface area contributed by atoms with Crippen molar-refractivity contribution in [2.75, 3.05) is 10.6 Å². The molecule has 0 radical (unpaired) electrons. The third kappa shape index (κ3) is 4.80. The van der Waals surface area contributed by atoms with Crippen molar-refractivity contribution in [2.45, 2.75) is 46.3 Å². The zero-order chi connectivity index (χ0) is 24.2. The topological polar surface area (TPSA) is 114 Å². The highest BCUT2D eigenvalue weighted by molar-refractivity contribution is 5.81. The number of nitrogens with two attached hydrogens (primary N) is 1. The predicted molar refractivity (Wildman–Crippen MR) is 134 cm³/mol. The van der Waals surface area contributed by atoms with Crippen LogP contribution in [-0.2, 0) is 19.6 Å². The van der Waals surface area contributed by atoms with Crippen LogP contribution in [0.3, 0.4) is 0 Å². The van der Waals surface area contributed by atoms with Gasteiger partial charge in [0.1, 0.15) is 17.1 Å². The number of hydrogen-bond donors (Lipinski definition) is 2. The Morgan fingerprint density at radius 1 is 1.03 bits per heavy atom. The van der Waals surface area contributed by atoms with Gasteiger partial charge in [-0.3, -0.25) is 14.3 Å². The molecule has 0 saturated carbocycles. The van der Waals surface area contributed by atoms with E-state index in [2.05, 4.69) is 4.98 Å². The van der Waals surface area contributed by atoms with Crippen LogP contribution in [0.15, 0.2) is 73.4 Å². The van der Waals surface area contributed by atoms with Crippen molar-refractivity contribution in [1.82, 2.24) is 9.55 Å². The van der Waals surface area contributed by atoms with Crippen LogP contribution in [0.2, 0.25) is 0 Å². The molecule has 3 N–H and O–H groups in total. The maximum absolute atomic E-state index is 13.0. The lowest BCUT2D eigenvalue weighted by atomic mass is 10.1. The Morgan fingerprint density at radius 2 is 1.79 bits per heavy atom. The van der Waals surface area contributed by atoms with Crippen LogP contribution in [0, 0.1) is 6.92 Å². The molecule has 2 aromatic heterocycles. The number of unbranched alkanes of at least 4 members (excludes halogenated alkanes) is 1. The van der Waals surface area contributed by atoms with Crippen molar-refractivity contribution < 1.29 is 4.42 Å². The number of aryl methyl sites for hydroxylation is 1. The molecular weight excluding hydrogens is 432 g/mol. The summed E-state index contributed by atoms with van der Waals surface area (Å²) >= 11 is 0. The van der Waals surface area contributed by atoms with Crippen LogP contribution >= 0.6 is 0 Å². The van der Waals surface area contributed by atoms with E-state index in [1.807, 2.05) is 62.4 Å². The molecule has 0 aliphatic heterocycles. The number of nitrogens with one attached hydrogen (secondary N) is 1. The molecule has 4 aromatic rings. The van der Waals surface area contributed by atoms with Crippen LogP contribution in [-0.4, -0.2) is 9.55 Å². The lowest BCUT2D eigenvalue weighted by Crippen LogP contribution is -2.38. The van der Waals surface area contributed by atoms with Crippen molar-refractivity contribution in [2.24, 2.45) is 0 Å². The Morgan fingerprint density at radius 3 is 2.53 bits per heavy atom. The van der Waals surface area contributed by atoms with E-state index in [1.165, 1.54) is 10.6 Å². The zero-order valence-electron chi connectivity index (χ0n) is 19.3. The van der Waals surface area contributed by atoms with Gasteiger partial charge in [0.05, 0.1) is 0 Å². The van der Waals surface area contributed by atoms with Crippen molar-refractivity contribution in [3.8, 4) is 0 Å². The molecule has 0 spiro atoms. The summed E-state index contributed by atoms with van der Waals surface area (Å²) in [6.45, 7) is 4.92. The Labute approximate surface area is 196 Å². The molecule has 0 atom stereocenters. The highest BCUT2D eigenvalue weighted by atomic mass is 16.4. The van der Waals surface area contributed by atoms with Crippen LogP contribution in [0.5, 0.6) is 0 Å². The molecule has 0 aliphatic rings. The zero-order valence-corrected chi connectivity index (χ0v) is 19.3. The second-order valence-electron chi connectivity index (χ2n) is 8.43. The highest BCUT2D eigenvalue weighted by Gasteiger charge is 2.21. The van der Waals surface area contributed by atoms with E-state index in [4.69, 9.17) is 10.2 Å². The fourth-order valence-electron chi connectivity index (χ4n) is 4.11. The van der Waals surface area contributed by atoms with Crippen LogP contribution < -0.4 is 27.5 Å². The molecular formula is C26H28N4O4. The van der Waals surface area contributed by atoms with Crippen LogP contribution in [0.4, 0.5) is 11.5 Å². The number of anilines is 2. The van der Waals surface area contributed by atoms with E-state index < -0.39 is 16.9 Å². The van der Waals surface area contributed by atoms with E-state index >= 15 is 0 Å². The summed E-state index contributed by atoms with van der Waals surface area (Å²) in [6.07, 6.45) is 1.62. The molecule has 2 heterocycles. The van der Waals surface area contributed by atoms with Gasteiger partial charge in [-0.2, -0.15) is 0 Å². The Balaban J connectivity index is 1.87. The summed E-state index contributed by atoms with van der Waals surface area (Å²) in [6, 6.07) is 16.7. The van der Waals surface area contributed by atoms with Gasteiger partial charge >= 0.3 is 11.3 Å². The number of aromatic amines is 1. The summed E-state index contributed by atoms with van der Waals surface area (Å²) < 4.78 is 6.81. The minimum absolute atomic E-state index is 0.112. The molecule has 0 aliphatic carbocycles. The first-order valence-corrected chi connectivity index (χ1v) is 11.3. The Kier molecular flexibility index (Phi) is 6.67. The van der Waals surface area contributed by atoms with Gasteiger partial charge in [0.15, 0.2) is 0 Å². The molecule has 0 fully saturated rings. The van der Waals surface area contributed by atoms with Gasteiger partial charge in [-0.1, -0.05) is 55.8 Å². The predicted octanol–water partition coefficient (Wildman–Crippen LogP) is 3.54. The molecule has 4 rings (SSSR count). The lowest BCUT2D eigenvalue weighted by molar-refractivity contribution is 0.558. The van der Waals surface area contributed by atoms with E-state index in [1.54, 1.807) is 4.90 Å². The first-order valence-electron chi connectivity index (χ1n) is 11.3. The van der Waals surface area contributed by atoms with Crippen LogP contribution in [0.1, 0.15) is 36.5 Å². The molecule has 8 heteroatoms. The third-order valence-electron chi connectivity index (χ3n) is 5.83. The second-order valence-corrected chi connectivity index (χ2v) is 8.43. The quantitative estimate of drug-likeness (QED) is 0.389. The SMILES string of the molecule is CCCCn1c(N)c(N(Cc2ccccc2)Cc2cc(=O)oc3cc(C)ccc23)c(=O)[nH]c1=O. The molecule has 0 bridgehead atoms.